The summed E-state index contributed by atoms with van der Waals surface area (Å²) in [4.78, 5) is 26.2. The fourth-order valence-corrected chi connectivity index (χ4v) is 3.23. The lowest BCUT2D eigenvalue weighted by Gasteiger charge is -2.26. The van der Waals surface area contributed by atoms with Gasteiger partial charge in [-0.25, -0.2) is 0 Å². The van der Waals surface area contributed by atoms with Gasteiger partial charge in [-0.1, -0.05) is 12.1 Å². The molecule has 0 saturated carbocycles. The van der Waals surface area contributed by atoms with Crippen LogP contribution in [0.25, 0.3) is 0 Å². The highest BCUT2D eigenvalue weighted by Crippen LogP contribution is 2.14. The van der Waals surface area contributed by atoms with E-state index >= 15 is 0 Å². The van der Waals surface area contributed by atoms with E-state index in [0.29, 0.717) is 18.5 Å². The molecule has 2 rings (SSSR count). The van der Waals surface area contributed by atoms with Crippen LogP contribution >= 0.6 is 11.8 Å². The van der Waals surface area contributed by atoms with Gasteiger partial charge in [-0.2, -0.15) is 11.8 Å². The number of amides is 2. The number of carbonyl (C=O) groups is 2. The molecule has 0 aromatic heterocycles. The van der Waals surface area contributed by atoms with Crippen LogP contribution in [0.3, 0.4) is 0 Å². The van der Waals surface area contributed by atoms with E-state index in [9.17, 15) is 9.59 Å². The van der Waals surface area contributed by atoms with E-state index in [1.165, 1.54) is 6.42 Å². The highest BCUT2D eigenvalue weighted by molar-refractivity contribution is 7.98. The number of hydrogen-bond acceptors (Lipinski definition) is 4. The molecule has 24 heavy (non-hydrogen) atoms. The van der Waals surface area contributed by atoms with E-state index in [4.69, 9.17) is 5.73 Å². The molecule has 0 spiro atoms. The molecule has 1 atom stereocenters. The van der Waals surface area contributed by atoms with Crippen molar-refractivity contribution in [2.45, 2.75) is 38.3 Å². The first-order valence-corrected chi connectivity index (χ1v) is 9.91. The van der Waals surface area contributed by atoms with Gasteiger partial charge < -0.3 is 16.0 Å². The predicted molar refractivity (Wildman–Crippen MR) is 99.0 cm³/mol. The Morgan fingerprint density at radius 2 is 1.88 bits per heavy atom. The Bertz CT molecular complexity index is 542. The summed E-state index contributed by atoms with van der Waals surface area (Å²) in [5, 5.41) is 2.85. The summed E-state index contributed by atoms with van der Waals surface area (Å²) in [6.07, 6.45) is 6.06. The number of thioether (sulfide) groups is 1. The Morgan fingerprint density at radius 3 is 2.50 bits per heavy atom. The zero-order chi connectivity index (χ0) is 17.4. The van der Waals surface area contributed by atoms with Crippen molar-refractivity contribution in [3.8, 4) is 0 Å². The second-order valence-corrected chi connectivity index (χ2v) is 7.14. The first-order valence-electron chi connectivity index (χ1n) is 8.52. The maximum atomic E-state index is 12.4. The van der Waals surface area contributed by atoms with Gasteiger partial charge in [-0.15, -0.1) is 0 Å². The Kier molecular flexibility index (Phi) is 7.59. The number of nitrogens with one attached hydrogen (secondary N) is 1. The lowest BCUT2D eigenvalue weighted by Crippen LogP contribution is -2.40. The second-order valence-electron chi connectivity index (χ2n) is 6.16. The number of nitrogens with two attached hydrogens (primary N) is 1. The van der Waals surface area contributed by atoms with E-state index in [1.54, 1.807) is 11.8 Å². The van der Waals surface area contributed by atoms with Crippen LogP contribution in [-0.4, -0.2) is 47.9 Å². The highest BCUT2D eigenvalue weighted by atomic mass is 32.2. The first kappa shape index (κ1) is 18.8. The normalized spacial score (nSPS) is 15.8. The van der Waals surface area contributed by atoms with Gasteiger partial charge in [0.2, 0.25) is 5.91 Å². The minimum atomic E-state index is -0.461. The van der Waals surface area contributed by atoms with Crippen LogP contribution in [0, 0.1) is 0 Å². The molecule has 1 aromatic rings. The lowest BCUT2D eigenvalue weighted by atomic mass is 10.1. The monoisotopic (exact) mass is 349 g/mol. The zero-order valence-corrected chi connectivity index (χ0v) is 15.1. The van der Waals surface area contributed by atoms with Crippen molar-refractivity contribution in [3.63, 3.8) is 0 Å². The summed E-state index contributed by atoms with van der Waals surface area (Å²) in [6, 6.07) is 7.01. The molecule has 1 aliphatic rings. The third kappa shape index (κ3) is 5.53. The zero-order valence-electron chi connectivity index (χ0n) is 14.3. The number of rotatable bonds is 7. The maximum Gasteiger partial charge on any atom is 0.253 e. The summed E-state index contributed by atoms with van der Waals surface area (Å²) in [5.74, 6) is 0.851. The number of likely N-dealkylation sites (tertiary alicyclic amines) is 1. The summed E-state index contributed by atoms with van der Waals surface area (Å²) in [5.41, 5.74) is 7.52. The molecular weight excluding hydrogens is 322 g/mol. The summed E-state index contributed by atoms with van der Waals surface area (Å²) in [6.45, 7) is 2.14. The number of piperidine rings is 1. The predicted octanol–water partition coefficient (Wildman–Crippen LogP) is 2.01. The fourth-order valence-electron chi connectivity index (χ4n) is 2.74. The molecule has 1 aromatic carbocycles. The van der Waals surface area contributed by atoms with Gasteiger partial charge in [-0.05, 0) is 55.4 Å². The van der Waals surface area contributed by atoms with Gasteiger partial charge in [0, 0.05) is 25.2 Å². The van der Waals surface area contributed by atoms with Crippen molar-refractivity contribution >= 4 is 23.6 Å². The van der Waals surface area contributed by atoms with Crippen LogP contribution in [0.2, 0.25) is 0 Å². The molecule has 1 heterocycles. The molecule has 5 nitrogen and oxygen atoms in total. The van der Waals surface area contributed by atoms with Crippen molar-refractivity contribution in [1.29, 1.82) is 0 Å². The first-order chi connectivity index (χ1) is 11.6. The van der Waals surface area contributed by atoms with E-state index in [2.05, 4.69) is 5.32 Å². The van der Waals surface area contributed by atoms with E-state index < -0.39 is 6.04 Å². The quantitative estimate of drug-likeness (QED) is 0.789. The second kappa shape index (κ2) is 9.69. The van der Waals surface area contributed by atoms with Crippen LogP contribution in [-0.2, 0) is 11.3 Å². The molecule has 1 fully saturated rings. The number of nitrogens with zero attached hydrogens (tertiary/aromatic N) is 1. The average molecular weight is 350 g/mol. The summed E-state index contributed by atoms with van der Waals surface area (Å²) >= 11 is 1.68. The van der Waals surface area contributed by atoms with Gasteiger partial charge in [0.1, 0.15) is 0 Å². The molecule has 6 heteroatoms. The SMILES string of the molecule is CSCCC(N)C(=O)NCc1ccc(C(=O)N2CCCCC2)cc1. The van der Waals surface area contributed by atoms with Gasteiger partial charge in [0.15, 0.2) is 0 Å². The highest BCUT2D eigenvalue weighted by Gasteiger charge is 2.18. The maximum absolute atomic E-state index is 12.4. The summed E-state index contributed by atoms with van der Waals surface area (Å²) in [7, 11) is 0. The Hall–Kier alpha value is -1.53. The van der Waals surface area contributed by atoms with Crippen LogP contribution in [0.1, 0.15) is 41.6 Å². The molecule has 1 unspecified atom stereocenters. The largest absolute Gasteiger partial charge is 0.351 e. The van der Waals surface area contributed by atoms with Crippen molar-refractivity contribution in [2.75, 3.05) is 25.1 Å². The van der Waals surface area contributed by atoms with Gasteiger partial charge in [0.05, 0.1) is 6.04 Å². The van der Waals surface area contributed by atoms with E-state index in [1.807, 2.05) is 35.4 Å². The molecule has 2 amide bonds. The van der Waals surface area contributed by atoms with Crippen LogP contribution in [0.15, 0.2) is 24.3 Å². The standard InChI is InChI=1S/C18H27N3O2S/c1-24-12-9-16(19)17(22)20-13-14-5-7-15(8-6-14)18(23)21-10-3-2-4-11-21/h5-8,16H,2-4,9-13,19H2,1H3,(H,20,22). The summed E-state index contributed by atoms with van der Waals surface area (Å²) < 4.78 is 0. The van der Waals surface area contributed by atoms with Crippen LogP contribution in [0.4, 0.5) is 0 Å². The van der Waals surface area contributed by atoms with Gasteiger partial charge >= 0.3 is 0 Å². The smallest absolute Gasteiger partial charge is 0.253 e. The van der Waals surface area contributed by atoms with Crippen molar-refractivity contribution in [1.82, 2.24) is 10.2 Å². The Morgan fingerprint density at radius 1 is 1.21 bits per heavy atom. The van der Waals surface area contributed by atoms with Crippen LogP contribution in [0.5, 0.6) is 0 Å². The van der Waals surface area contributed by atoms with Gasteiger partial charge in [-0.3, -0.25) is 9.59 Å². The van der Waals surface area contributed by atoms with Gasteiger partial charge in [0.25, 0.3) is 5.91 Å². The number of hydrogen-bond donors (Lipinski definition) is 2. The lowest BCUT2D eigenvalue weighted by molar-refractivity contribution is -0.122. The molecular formula is C18H27N3O2S. The van der Waals surface area contributed by atoms with Crippen molar-refractivity contribution in [3.05, 3.63) is 35.4 Å². The van der Waals surface area contributed by atoms with Crippen LogP contribution < -0.4 is 11.1 Å². The number of benzene rings is 1. The Labute approximate surface area is 148 Å². The van der Waals surface area contributed by atoms with Crippen molar-refractivity contribution in [2.24, 2.45) is 5.73 Å². The number of carbonyl (C=O) groups excluding carboxylic acids is 2. The molecule has 1 saturated heterocycles. The molecule has 1 aliphatic heterocycles. The van der Waals surface area contributed by atoms with E-state index in [-0.39, 0.29) is 11.8 Å². The van der Waals surface area contributed by atoms with Crippen molar-refractivity contribution < 1.29 is 9.59 Å². The third-order valence-electron chi connectivity index (χ3n) is 4.28. The Balaban J connectivity index is 1.83. The molecule has 0 bridgehead atoms. The topological polar surface area (TPSA) is 75.4 Å². The fraction of sp³-hybridized carbons (Fsp3) is 0.556. The van der Waals surface area contributed by atoms with E-state index in [0.717, 1.165) is 37.2 Å². The minimum Gasteiger partial charge on any atom is -0.351 e. The average Bonchev–Trinajstić information content (AvgIpc) is 2.64. The molecule has 0 aliphatic carbocycles. The molecule has 3 N–H and O–H groups in total. The minimum absolute atomic E-state index is 0.101. The third-order valence-corrected chi connectivity index (χ3v) is 4.92. The molecule has 0 radical (unpaired) electrons. The molecule has 132 valence electrons.